The molecule has 0 bridgehead atoms. The first-order valence-corrected chi connectivity index (χ1v) is 9.13. The van der Waals surface area contributed by atoms with Crippen LogP contribution in [0.2, 0.25) is 0 Å². The van der Waals surface area contributed by atoms with Crippen molar-refractivity contribution in [1.82, 2.24) is 0 Å². The van der Waals surface area contributed by atoms with Gasteiger partial charge in [0.05, 0.1) is 18.4 Å². The monoisotopic (exact) mass is 373 g/mol. The molecule has 114 valence electrons. The van der Waals surface area contributed by atoms with Crippen molar-refractivity contribution in [3.63, 3.8) is 0 Å². The molecule has 0 unspecified atom stereocenters. The van der Waals surface area contributed by atoms with Crippen LogP contribution in [0.15, 0.2) is 22.7 Å². The highest BCUT2D eigenvalue weighted by Crippen LogP contribution is 2.32. The third-order valence-electron chi connectivity index (χ3n) is 3.46. The maximum absolute atomic E-state index is 12.3. The number of nitrogens with zero attached hydrogens (tertiary/aromatic N) is 1. The summed E-state index contributed by atoms with van der Waals surface area (Å²) in [4.78, 5) is 24.1. The summed E-state index contributed by atoms with van der Waals surface area (Å²) in [5.74, 6) is -0.388. The minimum atomic E-state index is -3.49. The first-order chi connectivity index (χ1) is 9.70. The van der Waals surface area contributed by atoms with Crippen molar-refractivity contribution in [2.45, 2.75) is 19.3 Å². The SMILES string of the molecule is CN(c1cc(Br)ccc1C(=O)CC(=O)C1CC1)S(C)(=O)=O. The van der Waals surface area contributed by atoms with Gasteiger partial charge in [0.25, 0.3) is 0 Å². The zero-order valence-corrected chi connectivity index (χ0v) is 14.2. The van der Waals surface area contributed by atoms with Crippen LogP contribution in [-0.2, 0) is 14.8 Å². The molecule has 1 aliphatic carbocycles. The summed E-state index contributed by atoms with van der Waals surface area (Å²) in [6.07, 6.45) is 2.60. The highest BCUT2D eigenvalue weighted by Gasteiger charge is 2.31. The minimum absolute atomic E-state index is 0.0143. The molecular weight excluding hydrogens is 358 g/mol. The number of benzene rings is 1. The fourth-order valence-corrected chi connectivity index (χ4v) is 2.84. The van der Waals surface area contributed by atoms with Crippen molar-refractivity contribution < 1.29 is 18.0 Å². The predicted molar refractivity (Wildman–Crippen MR) is 84.1 cm³/mol. The molecule has 2 rings (SSSR count). The van der Waals surface area contributed by atoms with E-state index >= 15 is 0 Å². The van der Waals surface area contributed by atoms with Crippen molar-refractivity contribution in [2.24, 2.45) is 5.92 Å². The lowest BCUT2D eigenvalue weighted by Gasteiger charge is -2.20. The molecule has 0 amide bonds. The third kappa shape index (κ3) is 3.91. The molecule has 0 heterocycles. The Kier molecular flexibility index (Phi) is 4.53. The average Bonchev–Trinajstić information content (AvgIpc) is 3.20. The Morgan fingerprint density at radius 2 is 1.95 bits per heavy atom. The third-order valence-corrected chi connectivity index (χ3v) is 5.15. The Morgan fingerprint density at radius 3 is 2.48 bits per heavy atom. The van der Waals surface area contributed by atoms with Gasteiger partial charge in [-0.1, -0.05) is 15.9 Å². The highest BCUT2D eigenvalue weighted by molar-refractivity contribution is 9.10. The molecule has 0 atom stereocenters. The first-order valence-electron chi connectivity index (χ1n) is 6.49. The summed E-state index contributed by atoms with van der Waals surface area (Å²) in [6.45, 7) is 0. The molecule has 1 saturated carbocycles. The lowest BCUT2D eigenvalue weighted by molar-refractivity contribution is -0.119. The zero-order valence-electron chi connectivity index (χ0n) is 11.8. The molecule has 1 aromatic carbocycles. The van der Waals surface area contributed by atoms with E-state index in [1.807, 2.05) is 0 Å². The van der Waals surface area contributed by atoms with Crippen molar-refractivity contribution >= 4 is 43.2 Å². The van der Waals surface area contributed by atoms with Gasteiger partial charge in [0.15, 0.2) is 5.78 Å². The smallest absolute Gasteiger partial charge is 0.232 e. The molecular formula is C14H16BrNO4S. The van der Waals surface area contributed by atoms with Gasteiger partial charge in [-0.2, -0.15) is 0 Å². The fraction of sp³-hybridized carbons (Fsp3) is 0.429. The van der Waals surface area contributed by atoms with Crippen LogP contribution >= 0.6 is 15.9 Å². The first kappa shape index (κ1) is 16.2. The van der Waals surface area contributed by atoms with Crippen LogP contribution in [0, 0.1) is 5.92 Å². The van der Waals surface area contributed by atoms with E-state index in [1.54, 1.807) is 18.2 Å². The number of ketones is 2. The fourth-order valence-electron chi connectivity index (χ4n) is 1.98. The molecule has 0 spiro atoms. The quantitative estimate of drug-likeness (QED) is 0.566. The second kappa shape index (κ2) is 5.88. The van der Waals surface area contributed by atoms with Crippen LogP contribution < -0.4 is 4.31 Å². The van der Waals surface area contributed by atoms with Crippen LogP contribution in [0.1, 0.15) is 29.6 Å². The summed E-state index contributed by atoms with van der Waals surface area (Å²) in [7, 11) is -2.10. The zero-order chi connectivity index (χ0) is 15.8. The Hall–Kier alpha value is -1.21. The van der Waals surface area contributed by atoms with Gasteiger partial charge >= 0.3 is 0 Å². The Morgan fingerprint density at radius 1 is 1.33 bits per heavy atom. The number of halogens is 1. The van der Waals surface area contributed by atoms with Gasteiger partial charge in [-0.15, -0.1) is 0 Å². The number of anilines is 1. The van der Waals surface area contributed by atoms with Gasteiger partial charge in [-0.25, -0.2) is 8.42 Å². The molecule has 1 aliphatic rings. The van der Waals surface area contributed by atoms with E-state index in [2.05, 4.69) is 15.9 Å². The summed E-state index contributed by atoms with van der Waals surface area (Å²) in [6, 6.07) is 4.77. The average molecular weight is 374 g/mol. The predicted octanol–water partition coefficient (Wildman–Crippen LogP) is 2.40. The number of rotatable bonds is 6. The molecule has 1 aromatic rings. The van der Waals surface area contributed by atoms with E-state index in [0.29, 0.717) is 4.47 Å². The summed E-state index contributed by atoms with van der Waals surface area (Å²) in [5.41, 5.74) is 0.528. The molecule has 0 aliphatic heterocycles. The van der Waals surface area contributed by atoms with Gasteiger partial charge in [0.1, 0.15) is 5.78 Å². The highest BCUT2D eigenvalue weighted by atomic mass is 79.9. The number of sulfonamides is 1. The Balaban J connectivity index is 2.34. The summed E-state index contributed by atoms with van der Waals surface area (Å²) >= 11 is 3.26. The molecule has 0 saturated heterocycles. The van der Waals surface area contributed by atoms with E-state index in [4.69, 9.17) is 0 Å². The van der Waals surface area contributed by atoms with E-state index < -0.39 is 10.0 Å². The van der Waals surface area contributed by atoms with Crippen LogP contribution in [0.3, 0.4) is 0 Å². The lowest BCUT2D eigenvalue weighted by atomic mass is 10.0. The maximum atomic E-state index is 12.3. The minimum Gasteiger partial charge on any atom is -0.299 e. The largest absolute Gasteiger partial charge is 0.299 e. The number of hydrogen-bond acceptors (Lipinski definition) is 4. The van der Waals surface area contributed by atoms with Crippen molar-refractivity contribution in [3.05, 3.63) is 28.2 Å². The second-order valence-electron chi connectivity index (χ2n) is 5.23. The van der Waals surface area contributed by atoms with E-state index in [0.717, 1.165) is 23.4 Å². The maximum Gasteiger partial charge on any atom is 0.232 e. The molecule has 5 nitrogen and oxygen atoms in total. The number of carbonyl (C=O) groups excluding carboxylic acids is 2. The summed E-state index contributed by atoms with van der Waals surface area (Å²) in [5, 5.41) is 0. The van der Waals surface area contributed by atoms with Crippen LogP contribution in [-0.4, -0.2) is 33.3 Å². The number of carbonyl (C=O) groups is 2. The summed E-state index contributed by atoms with van der Waals surface area (Å²) < 4.78 is 25.1. The Bertz CT molecular complexity index is 695. The van der Waals surface area contributed by atoms with E-state index in [9.17, 15) is 18.0 Å². The van der Waals surface area contributed by atoms with Gasteiger partial charge in [-0.3, -0.25) is 13.9 Å². The standard InChI is InChI=1S/C14H16BrNO4S/c1-16(21(2,19)20)12-7-10(15)5-6-11(12)14(18)8-13(17)9-3-4-9/h5-7,9H,3-4,8H2,1-2H3. The molecule has 1 fully saturated rings. The normalized spacial score (nSPS) is 14.8. The lowest BCUT2D eigenvalue weighted by Crippen LogP contribution is -2.27. The number of hydrogen-bond donors (Lipinski definition) is 0. The van der Waals surface area contributed by atoms with Gasteiger partial charge in [0.2, 0.25) is 10.0 Å². The molecule has 0 aromatic heterocycles. The number of Topliss-reactive ketones (excluding diaryl/α,β-unsaturated/α-hetero) is 2. The van der Waals surface area contributed by atoms with Crippen molar-refractivity contribution in [2.75, 3.05) is 17.6 Å². The molecule has 21 heavy (non-hydrogen) atoms. The topological polar surface area (TPSA) is 71.5 Å². The molecule has 0 radical (unpaired) electrons. The van der Waals surface area contributed by atoms with E-state index in [1.165, 1.54) is 7.05 Å². The van der Waals surface area contributed by atoms with Gasteiger partial charge < -0.3 is 0 Å². The van der Waals surface area contributed by atoms with Crippen LogP contribution in [0.4, 0.5) is 5.69 Å². The molecule has 0 N–H and O–H groups in total. The van der Waals surface area contributed by atoms with Crippen LogP contribution in [0.5, 0.6) is 0 Å². The van der Waals surface area contributed by atoms with Gasteiger partial charge in [0, 0.05) is 23.0 Å². The van der Waals surface area contributed by atoms with Crippen molar-refractivity contribution in [1.29, 1.82) is 0 Å². The van der Waals surface area contributed by atoms with E-state index in [-0.39, 0.29) is 35.2 Å². The van der Waals surface area contributed by atoms with Gasteiger partial charge in [-0.05, 0) is 31.0 Å². The van der Waals surface area contributed by atoms with Crippen molar-refractivity contribution in [3.8, 4) is 0 Å². The molecule has 7 heteroatoms. The van der Waals surface area contributed by atoms with Crippen LogP contribution in [0.25, 0.3) is 0 Å². The second-order valence-corrected chi connectivity index (χ2v) is 8.16. The Labute approximate surface area is 132 Å².